The molecule has 0 atom stereocenters. The summed E-state index contributed by atoms with van der Waals surface area (Å²) in [6.45, 7) is 0. The van der Waals surface area contributed by atoms with Crippen LogP contribution in [0.4, 0.5) is 0 Å². The van der Waals surface area contributed by atoms with E-state index in [1.807, 2.05) is 24.3 Å². The van der Waals surface area contributed by atoms with E-state index in [2.05, 4.69) is 42.5 Å². The summed E-state index contributed by atoms with van der Waals surface area (Å²) in [6.07, 6.45) is 2.85. The molecule has 0 fully saturated rings. The van der Waals surface area contributed by atoms with Gasteiger partial charge in [-0.25, -0.2) is 0 Å². The van der Waals surface area contributed by atoms with Crippen LogP contribution in [-0.4, -0.2) is 0 Å². The van der Waals surface area contributed by atoms with Gasteiger partial charge in [-0.05, 0) is 41.5 Å². The van der Waals surface area contributed by atoms with Gasteiger partial charge in [0, 0.05) is 21.2 Å². The Kier molecular flexibility index (Phi) is 4.92. The minimum absolute atomic E-state index is 0.648. The standard InChI is InChI=1S/C20H14ClNS/c21-18-8-6-16(7-9-18)17(14-22)13-20-11-10-19(23-20)12-15-4-2-1-3-5-15/h1-11,13H,12H2/b17-13+. The third-order valence-electron chi connectivity index (χ3n) is 3.47. The summed E-state index contributed by atoms with van der Waals surface area (Å²) in [7, 11) is 0. The molecule has 1 heterocycles. The van der Waals surface area contributed by atoms with Gasteiger partial charge in [0.15, 0.2) is 0 Å². The average Bonchev–Trinajstić information content (AvgIpc) is 3.01. The van der Waals surface area contributed by atoms with Gasteiger partial charge in [0.2, 0.25) is 0 Å². The van der Waals surface area contributed by atoms with Gasteiger partial charge in [-0.1, -0.05) is 54.1 Å². The summed E-state index contributed by atoms with van der Waals surface area (Å²) in [5.74, 6) is 0. The van der Waals surface area contributed by atoms with Crippen molar-refractivity contribution in [3.63, 3.8) is 0 Å². The van der Waals surface area contributed by atoms with Crippen LogP contribution in [0.15, 0.2) is 66.7 Å². The fraction of sp³-hybridized carbons (Fsp3) is 0.0500. The highest BCUT2D eigenvalue weighted by Crippen LogP contribution is 2.25. The predicted octanol–water partition coefficient (Wildman–Crippen LogP) is 6.06. The fourth-order valence-electron chi connectivity index (χ4n) is 2.32. The van der Waals surface area contributed by atoms with E-state index in [9.17, 15) is 5.26 Å². The lowest BCUT2D eigenvalue weighted by molar-refractivity contribution is 1.24. The highest BCUT2D eigenvalue weighted by Gasteiger charge is 2.04. The van der Waals surface area contributed by atoms with Crippen LogP contribution in [0, 0.1) is 11.3 Å². The zero-order chi connectivity index (χ0) is 16.1. The second kappa shape index (κ2) is 7.28. The lowest BCUT2D eigenvalue weighted by Gasteiger charge is -1.99. The molecular weight excluding hydrogens is 322 g/mol. The molecule has 23 heavy (non-hydrogen) atoms. The molecule has 1 nitrogen and oxygen atoms in total. The molecule has 0 aliphatic heterocycles. The molecule has 3 aromatic rings. The minimum Gasteiger partial charge on any atom is -0.192 e. The first kappa shape index (κ1) is 15.6. The smallest absolute Gasteiger partial charge is 0.0998 e. The van der Waals surface area contributed by atoms with Gasteiger partial charge in [-0.3, -0.25) is 0 Å². The summed E-state index contributed by atoms with van der Waals surface area (Å²) in [4.78, 5) is 2.37. The maximum atomic E-state index is 9.41. The predicted molar refractivity (Wildman–Crippen MR) is 98.5 cm³/mol. The van der Waals surface area contributed by atoms with Gasteiger partial charge in [0.25, 0.3) is 0 Å². The van der Waals surface area contributed by atoms with E-state index in [4.69, 9.17) is 11.6 Å². The van der Waals surface area contributed by atoms with E-state index in [1.54, 1.807) is 23.5 Å². The first-order valence-corrected chi connectivity index (χ1v) is 8.44. The van der Waals surface area contributed by atoms with E-state index in [0.29, 0.717) is 10.6 Å². The molecule has 1 aromatic heterocycles. The molecule has 0 aliphatic rings. The van der Waals surface area contributed by atoms with Crippen LogP contribution in [0.2, 0.25) is 5.02 Å². The average molecular weight is 336 g/mol. The largest absolute Gasteiger partial charge is 0.192 e. The summed E-state index contributed by atoms with van der Waals surface area (Å²) in [5.41, 5.74) is 2.83. The number of thiophene rings is 1. The van der Waals surface area contributed by atoms with E-state index in [-0.39, 0.29) is 0 Å². The van der Waals surface area contributed by atoms with Crippen LogP contribution < -0.4 is 0 Å². The molecule has 0 saturated carbocycles. The van der Waals surface area contributed by atoms with Gasteiger partial charge < -0.3 is 0 Å². The number of halogens is 1. The van der Waals surface area contributed by atoms with Gasteiger partial charge in [-0.2, -0.15) is 5.26 Å². The van der Waals surface area contributed by atoms with Crippen molar-refractivity contribution in [1.29, 1.82) is 5.26 Å². The number of hydrogen-bond donors (Lipinski definition) is 0. The van der Waals surface area contributed by atoms with E-state index in [0.717, 1.165) is 16.9 Å². The molecule has 0 unspecified atom stereocenters. The van der Waals surface area contributed by atoms with Crippen molar-refractivity contribution in [1.82, 2.24) is 0 Å². The molecule has 3 heteroatoms. The number of hydrogen-bond acceptors (Lipinski definition) is 2. The number of allylic oxidation sites excluding steroid dienone is 1. The third kappa shape index (κ3) is 4.10. The van der Waals surface area contributed by atoms with Crippen LogP contribution in [0.25, 0.3) is 11.6 Å². The second-order valence-electron chi connectivity index (χ2n) is 5.14. The van der Waals surface area contributed by atoms with Crippen molar-refractivity contribution in [3.8, 4) is 6.07 Å². The summed E-state index contributed by atoms with van der Waals surface area (Å²) >= 11 is 7.62. The summed E-state index contributed by atoms with van der Waals surface area (Å²) < 4.78 is 0. The maximum Gasteiger partial charge on any atom is 0.0998 e. The Bertz CT molecular complexity index is 855. The van der Waals surface area contributed by atoms with Gasteiger partial charge >= 0.3 is 0 Å². The van der Waals surface area contributed by atoms with Crippen LogP contribution in [-0.2, 0) is 6.42 Å². The number of benzene rings is 2. The van der Waals surface area contributed by atoms with Crippen molar-refractivity contribution in [2.24, 2.45) is 0 Å². The molecule has 0 spiro atoms. The first-order valence-electron chi connectivity index (χ1n) is 7.25. The van der Waals surface area contributed by atoms with E-state index < -0.39 is 0 Å². The quantitative estimate of drug-likeness (QED) is 0.532. The molecule has 0 bridgehead atoms. The SMILES string of the molecule is N#C/C(=C\c1ccc(Cc2ccccc2)s1)c1ccc(Cl)cc1. The Morgan fingerprint density at radius 3 is 2.43 bits per heavy atom. The van der Waals surface area contributed by atoms with Crippen molar-refractivity contribution in [2.45, 2.75) is 6.42 Å². The molecular formula is C20H14ClNS. The van der Waals surface area contributed by atoms with Crippen LogP contribution in [0.3, 0.4) is 0 Å². The van der Waals surface area contributed by atoms with Crippen molar-refractivity contribution in [3.05, 3.63) is 92.6 Å². The fourth-order valence-corrected chi connectivity index (χ4v) is 3.43. The Morgan fingerprint density at radius 1 is 1.00 bits per heavy atom. The number of nitriles is 1. The van der Waals surface area contributed by atoms with Gasteiger partial charge in [-0.15, -0.1) is 11.3 Å². The Labute approximate surface area is 145 Å². The van der Waals surface area contributed by atoms with Crippen LogP contribution in [0.1, 0.15) is 20.9 Å². The normalized spacial score (nSPS) is 11.2. The topological polar surface area (TPSA) is 23.8 Å². The Hall–Kier alpha value is -2.34. The molecule has 112 valence electrons. The van der Waals surface area contributed by atoms with E-state index in [1.165, 1.54) is 10.4 Å². The van der Waals surface area contributed by atoms with Crippen molar-refractivity contribution < 1.29 is 0 Å². The molecule has 2 aromatic carbocycles. The van der Waals surface area contributed by atoms with E-state index >= 15 is 0 Å². The summed E-state index contributed by atoms with van der Waals surface area (Å²) in [5, 5.41) is 10.1. The molecule has 0 amide bonds. The zero-order valence-electron chi connectivity index (χ0n) is 12.4. The highest BCUT2D eigenvalue weighted by molar-refractivity contribution is 7.13. The third-order valence-corrected chi connectivity index (χ3v) is 4.75. The van der Waals surface area contributed by atoms with Gasteiger partial charge in [0.05, 0.1) is 11.6 Å². The Morgan fingerprint density at radius 2 is 1.74 bits per heavy atom. The monoisotopic (exact) mass is 335 g/mol. The minimum atomic E-state index is 0.648. The van der Waals surface area contributed by atoms with Crippen LogP contribution >= 0.6 is 22.9 Å². The zero-order valence-corrected chi connectivity index (χ0v) is 13.9. The van der Waals surface area contributed by atoms with Crippen LogP contribution in [0.5, 0.6) is 0 Å². The number of rotatable bonds is 4. The lowest BCUT2D eigenvalue weighted by atomic mass is 10.1. The maximum absolute atomic E-state index is 9.41. The molecule has 0 saturated heterocycles. The van der Waals surface area contributed by atoms with Gasteiger partial charge in [0.1, 0.15) is 0 Å². The molecule has 0 N–H and O–H groups in total. The van der Waals surface area contributed by atoms with Crippen molar-refractivity contribution in [2.75, 3.05) is 0 Å². The summed E-state index contributed by atoms with van der Waals surface area (Å²) in [6, 6.07) is 24.2. The first-order chi connectivity index (χ1) is 11.2. The molecule has 3 rings (SSSR count). The molecule has 0 aliphatic carbocycles. The molecule has 0 radical (unpaired) electrons. The number of nitrogens with zero attached hydrogens (tertiary/aromatic N) is 1. The lowest BCUT2D eigenvalue weighted by Crippen LogP contribution is -1.82. The van der Waals surface area contributed by atoms with Crippen molar-refractivity contribution >= 4 is 34.6 Å². The Balaban J connectivity index is 1.81. The second-order valence-corrected chi connectivity index (χ2v) is 6.78. The highest BCUT2D eigenvalue weighted by atomic mass is 35.5.